The number of hydrogen-bond acceptors (Lipinski definition) is 4. The average molecular weight is 170 g/mol. The smallest absolute Gasteiger partial charge is 0.322 e. The van der Waals surface area contributed by atoms with Crippen LogP contribution >= 0.6 is 0 Å². The summed E-state index contributed by atoms with van der Waals surface area (Å²) in [6.07, 6.45) is 0.525. The molecule has 2 atom stereocenters. The van der Waals surface area contributed by atoms with E-state index >= 15 is 0 Å². The number of nitrogens with one attached hydrogen (secondary N) is 1. The zero-order valence-corrected chi connectivity index (χ0v) is 6.73. The van der Waals surface area contributed by atoms with Gasteiger partial charge in [-0.15, -0.1) is 0 Å². The van der Waals surface area contributed by atoms with Crippen molar-refractivity contribution in [2.75, 3.05) is 13.7 Å². The molecule has 1 rings (SSSR count). The van der Waals surface area contributed by atoms with E-state index in [0.717, 1.165) is 0 Å². The Balaban J connectivity index is 2.45. The van der Waals surface area contributed by atoms with Gasteiger partial charge in [-0.25, -0.2) is 0 Å². The molecule has 1 heterocycles. The maximum absolute atomic E-state index is 10.9. The molecule has 66 valence electrons. The summed E-state index contributed by atoms with van der Waals surface area (Å²) < 4.78 is 4.52. The highest BCUT2D eigenvalue weighted by Crippen LogP contribution is 2.11. The first-order chi connectivity index (χ1) is 5.77. The minimum Gasteiger partial charge on any atom is -0.468 e. The van der Waals surface area contributed by atoms with Gasteiger partial charge in [-0.1, -0.05) is 5.11 Å². The summed E-state index contributed by atoms with van der Waals surface area (Å²) in [6.45, 7) is 0.545. The van der Waals surface area contributed by atoms with Gasteiger partial charge in [-0.05, 0) is 12.0 Å². The summed E-state index contributed by atoms with van der Waals surface area (Å²) in [4.78, 5) is 13.6. The van der Waals surface area contributed by atoms with Crippen LogP contribution in [0.25, 0.3) is 10.4 Å². The molecular weight excluding hydrogens is 160 g/mol. The number of ether oxygens (including phenoxy) is 1. The molecule has 0 amide bonds. The van der Waals surface area contributed by atoms with Crippen molar-refractivity contribution in [3.05, 3.63) is 10.4 Å². The molecule has 0 aromatic rings. The van der Waals surface area contributed by atoms with Crippen molar-refractivity contribution >= 4 is 5.97 Å². The van der Waals surface area contributed by atoms with Crippen molar-refractivity contribution in [1.29, 1.82) is 0 Å². The first-order valence-corrected chi connectivity index (χ1v) is 3.63. The van der Waals surface area contributed by atoms with E-state index in [1.54, 1.807) is 0 Å². The van der Waals surface area contributed by atoms with E-state index in [0.29, 0.717) is 13.0 Å². The fraction of sp³-hybridized carbons (Fsp3) is 0.833. The van der Waals surface area contributed by atoms with Crippen LogP contribution in [0.15, 0.2) is 5.11 Å². The van der Waals surface area contributed by atoms with Crippen LogP contribution in [0.4, 0.5) is 0 Å². The van der Waals surface area contributed by atoms with Gasteiger partial charge in [-0.2, -0.15) is 0 Å². The Morgan fingerprint density at radius 2 is 2.58 bits per heavy atom. The van der Waals surface area contributed by atoms with Crippen LogP contribution in [0.2, 0.25) is 0 Å². The normalized spacial score (nSPS) is 27.8. The largest absolute Gasteiger partial charge is 0.468 e. The van der Waals surface area contributed by atoms with Crippen LogP contribution in [0.1, 0.15) is 6.42 Å². The predicted octanol–water partition coefficient (Wildman–Crippen LogP) is 0.200. The number of carbonyl (C=O) groups excluding carboxylic acids is 1. The van der Waals surface area contributed by atoms with Crippen LogP contribution < -0.4 is 5.32 Å². The molecule has 12 heavy (non-hydrogen) atoms. The second-order valence-electron chi connectivity index (χ2n) is 2.58. The molecule has 0 aromatic heterocycles. The third-order valence-electron chi connectivity index (χ3n) is 1.81. The summed E-state index contributed by atoms with van der Waals surface area (Å²) in [5.74, 6) is -0.300. The standard InChI is InChI=1S/C6H10N4O2/c1-12-6(11)5-2-4(3-8-5)9-10-7/h4-5,8H,2-3H2,1H3/t4-,5+/m0/s1. The SMILES string of the molecule is COC(=O)[C@H]1C[C@H](N=[N+]=[N-])CN1. The van der Waals surface area contributed by atoms with Crippen molar-refractivity contribution in [3.63, 3.8) is 0 Å². The van der Waals surface area contributed by atoms with Gasteiger partial charge < -0.3 is 10.1 Å². The Morgan fingerprint density at radius 1 is 1.83 bits per heavy atom. The van der Waals surface area contributed by atoms with E-state index < -0.39 is 0 Å². The molecule has 0 unspecified atom stereocenters. The minimum absolute atomic E-state index is 0.126. The number of rotatable bonds is 2. The molecule has 0 spiro atoms. The Morgan fingerprint density at radius 3 is 3.17 bits per heavy atom. The summed E-state index contributed by atoms with van der Waals surface area (Å²) in [5, 5.41) is 6.40. The van der Waals surface area contributed by atoms with Gasteiger partial charge in [0, 0.05) is 11.5 Å². The topological polar surface area (TPSA) is 87.1 Å². The molecular formula is C6H10N4O2. The highest BCUT2D eigenvalue weighted by atomic mass is 16.5. The van der Waals surface area contributed by atoms with Gasteiger partial charge in [0.15, 0.2) is 0 Å². The van der Waals surface area contributed by atoms with Crippen LogP contribution in [0, 0.1) is 0 Å². The molecule has 6 heteroatoms. The Labute approximate surface area is 69.5 Å². The van der Waals surface area contributed by atoms with E-state index in [1.807, 2.05) is 0 Å². The molecule has 0 saturated carbocycles. The number of nitrogens with zero attached hydrogens (tertiary/aromatic N) is 3. The van der Waals surface area contributed by atoms with E-state index in [9.17, 15) is 4.79 Å². The Bertz CT molecular complexity index is 224. The number of hydrogen-bond donors (Lipinski definition) is 1. The lowest BCUT2D eigenvalue weighted by atomic mass is 10.2. The van der Waals surface area contributed by atoms with Crippen molar-refractivity contribution < 1.29 is 9.53 Å². The summed E-state index contributed by atoms with van der Waals surface area (Å²) >= 11 is 0. The van der Waals surface area contributed by atoms with Gasteiger partial charge in [-0.3, -0.25) is 4.79 Å². The fourth-order valence-corrected chi connectivity index (χ4v) is 1.20. The van der Waals surface area contributed by atoms with Crippen LogP contribution in [-0.4, -0.2) is 31.7 Å². The maximum atomic E-state index is 10.9. The van der Waals surface area contributed by atoms with Gasteiger partial charge in [0.25, 0.3) is 0 Å². The van der Waals surface area contributed by atoms with Gasteiger partial charge in [0.1, 0.15) is 6.04 Å². The highest BCUT2D eigenvalue weighted by Gasteiger charge is 2.29. The number of azide groups is 1. The predicted molar refractivity (Wildman–Crippen MR) is 41.4 cm³/mol. The summed E-state index contributed by atoms with van der Waals surface area (Å²) in [5.41, 5.74) is 8.12. The molecule has 0 radical (unpaired) electrons. The van der Waals surface area contributed by atoms with Crippen molar-refractivity contribution in [1.82, 2.24) is 5.32 Å². The third-order valence-corrected chi connectivity index (χ3v) is 1.81. The van der Waals surface area contributed by atoms with E-state index in [4.69, 9.17) is 5.53 Å². The second kappa shape index (κ2) is 3.94. The van der Waals surface area contributed by atoms with Gasteiger partial charge in [0.05, 0.1) is 13.2 Å². The molecule has 1 aliphatic heterocycles. The summed E-state index contributed by atoms with van der Waals surface area (Å²) in [7, 11) is 1.34. The quantitative estimate of drug-likeness (QED) is 0.278. The highest BCUT2D eigenvalue weighted by molar-refractivity contribution is 5.76. The first-order valence-electron chi connectivity index (χ1n) is 3.63. The third kappa shape index (κ3) is 1.87. The Hall–Kier alpha value is -1.26. The average Bonchev–Trinajstić information content (AvgIpc) is 2.52. The van der Waals surface area contributed by atoms with E-state index in [2.05, 4.69) is 20.1 Å². The molecule has 1 saturated heterocycles. The van der Waals surface area contributed by atoms with Crippen LogP contribution in [-0.2, 0) is 9.53 Å². The zero-order chi connectivity index (χ0) is 8.97. The lowest BCUT2D eigenvalue weighted by molar-refractivity contribution is -0.142. The Kier molecular flexibility index (Phi) is 2.90. The fourth-order valence-electron chi connectivity index (χ4n) is 1.20. The molecule has 1 N–H and O–H groups in total. The second-order valence-corrected chi connectivity index (χ2v) is 2.58. The lowest BCUT2D eigenvalue weighted by Gasteiger charge is -2.05. The number of carbonyl (C=O) groups is 1. The van der Waals surface area contributed by atoms with E-state index in [-0.39, 0.29) is 18.1 Å². The van der Waals surface area contributed by atoms with Crippen LogP contribution in [0.3, 0.4) is 0 Å². The number of methoxy groups -OCH3 is 1. The molecule has 0 aliphatic carbocycles. The minimum atomic E-state index is -0.314. The zero-order valence-electron chi connectivity index (χ0n) is 6.73. The van der Waals surface area contributed by atoms with Crippen molar-refractivity contribution in [2.24, 2.45) is 5.11 Å². The van der Waals surface area contributed by atoms with Gasteiger partial charge in [0.2, 0.25) is 0 Å². The van der Waals surface area contributed by atoms with Crippen molar-refractivity contribution in [2.45, 2.75) is 18.5 Å². The summed E-state index contributed by atoms with van der Waals surface area (Å²) in [6, 6.07) is -0.440. The molecule has 6 nitrogen and oxygen atoms in total. The molecule has 1 aliphatic rings. The van der Waals surface area contributed by atoms with E-state index in [1.165, 1.54) is 7.11 Å². The van der Waals surface area contributed by atoms with Crippen LogP contribution in [0.5, 0.6) is 0 Å². The molecule has 1 fully saturated rings. The lowest BCUT2D eigenvalue weighted by Crippen LogP contribution is -2.31. The van der Waals surface area contributed by atoms with Crippen molar-refractivity contribution in [3.8, 4) is 0 Å². The molecule has 0 bridgehead atoms. The van der Waals surface area contributed by atoms with Gasteiger partial charge >= 0.3 is 5.97 Å². The first kappa shape index (κ1) is 8.83. The number of esters is 1. The monoisotopic (exact) mass is 170 g/mol. The maximum Gasteiger partial charge on any atom is 0.322 e. The molecule has 0 aromatic carbocycles.